The molecule has 90 valence electrons. The summed E-state index contributed by atoms with van der Waals surface area (Å²) in [6.45, 7) is 4.67. The average molecular weight is 250 g/mol. The predicted molar refractivity (Wildman–Crippen MR) is 60.9 cm³/mol. The quantitative estimate of drug-likeness (QED) is 0.807. The van der Waals surface area contributed by atoms with E-state index in [1.165, 1.54) is 0 Å². The lowest BCUT2D eigenvalue weighted by Crippen LogP contribution is -2.14. The minimum Gasteiger partial charge on any atom is -0.379 e. The number of nitrogens with one attached hydrogen (secondary N) is 1. The highest BCUT2D eigenvalue weighted by Crippen LogP contribution is 2.25. The van der Waals surface area contributed by atoms with Crippen LogP contribution in [0.3, 0.4) is 0 Å². The van der Waals surface area contributed by atoms with Crippen LogP contribution in [0.4, 0.5) is 14.5 Å². The van der Waals surface area contributed by atoms with Crippen LogP contribution in [-0.2, 0) is 4.74 Å². The molecule has 0 saturated carbocycles. The van der Waals surface area contributed by atoms with Crippen molar-refractivity contribution in [2.75, 3.05) is 18.5 Å². The number of halogens is 3. The van der Waals surface area contributed by atoms with Gasteiger partial charge in [0.1, 0.15) is 5.82 Å². The van der Waals surface area contributed by atoms with E-state index < -0.39 is 11.6 Å². The Labute approximate surface area is 98.6 Å². The van der Waals surface area contributed by atoms with Crippen LogP contribution in [0.25, 0.3) is 0 Å². The van der Waals surface area contributed by atoms with Crippen LogP contribution in [0.2, 0.25) is 5.02 Å². The highest BCUT2D eigenvalue weighted by Gasteiger charge is 2.09. The van der Waals surface area contributed by atoms with Gasteiger partial charge < -0.3 is 10.1 Å². The van der Waals surface area contributed by atoms with E-state index in [1.54, 1.807) is 0 Å². The minimum atomic E-state index is -0.699. The van der Waals surface area contributed by atoms with Gasteiger partial charge in [-0.3, -0.25) is 0 Å². The molecular formula is C11H14ClF2NO. The Morgan fingerprint density at radius 1 is 1.38 bits per heavy atom. The Morgan fingerprint density at radius 2 is 2.06 bits per heavy atom. The molecule has 0 spiro atoms. The third-order valence-electron chi connectivity index (χ3n) is 1.86. The first-order valence-corrected chi connectivity index (χ1v) is 5.38. The van der Waals surface area contributed by atoms with Gasteiger partial charge in [0.25, 0.3) is 0 Å². The standard InChI is InChI=1S/C11H14ClF2NO/c1-7(2)16-4-3-15-11-9(12)5-8(13)6-10(11)14/h5-7,15H,3-4H2,1-2H3. The maximum absolute atomic E-state index is 13.3. The van der Waals surface area contributed by atoms with Gasteiger partial charge in [-0.2, -0.15) is 0 Å². The van der Waals surface area contributed by atoms with E-state index in [2.05, 4.69) is 5.32 Å². The molecule has 1 N–H and O–H groups in total. The van der Waals surface area contributed by atoms with Gasteiger partial charge in [-0.1, -0.05) is 11.6 Å². The molecule has 0 unspecified atom stereocenters. The summed E-state index contributed by atoms with van der Waals surface area (Å²) >= 11 is 5.69. The summed E-state index contributed by atoms with van der Waals surface area (Å²) in [4.78, 5) is 0. The summed E-state index contributed by atoms with van der Waals surface area (Å²) in [5.74, 6) is -1.39. The van der Waals surface area contributed by atoms with Crippen molar-refractivity contribution in [3.63, 3.8) is 0 Å². The third kappa shape index (κ3) is 3.94. The summed E-state index contributed by atoms with van der Waals surface area (Å²) in [5.41, 5.74) is 0.107. The summed E-state index contributed by atoms with van der Waals surface area (Å²) in [7, 11) is 0. The molecule has 0 aliphatic rings. The van der Waals surface area contributed by atoms with Crippen LogP contribution in [-0.4, -0.2) is 19.3 Å². The zero-order valence-electron chi connectivity index (χ0n) is 9.19. The summed E-state index contributed by atoms with van der Waals surface area (Å²) in [6.07, 6.45) is 0.121. The second-order valence-electron chi connectivity index (χ2n) is 3.59. The molecule has 0 radical (unpaired) electrons. The Kier molecular flexibility index (Phi) is 4.96. The van der Waals surface area contributed by atoms with Gasteiger partial charge in [-0.15, -0.1) is 0 Å². The lowest BCUT2D eigenvalue weighted by atomic mass is 10.3. The largest absolute Gasteiger partial charge is 0.379 e. The van der Waals surface area contributed by atoms with Gasteiger partial charge in [0.15, 0.2) is 5.82 Å². The second kappa shape index (κ2) is 6.01. The first-order valence-electron chi connectivity index (χ1n) is 5.00. The fraction of sp³-hybridized carbons (Fsp3) is 0.455. The lowest BCUT2D eigenvalue weighted by Gasteiger charge is -2.11. The minimum absolute atomic E-state index is 0.0297. The molecule has 0 aliphatic heterocycles. The van der Waals surface area contributed by atoms with Crippen molar-refractivity contribution in [1.29, 1.82) is 0 Å². The van der Waals surface area contributed by atoms with Gasteiger partial charge >= 0.3 is 0 Å². The van der Waals surface area contributed by atoms with E-state index >= 15 is 0 Å². The first-order chi connectivity index (χ1) is 7.50. The van der Waals surface area contributed by atoms with E-state index in [0.717, 1.165) is 12.1 Å². The van der Waals surface area contributed by atoms with Crippen molar-refractivity contribution in [2.24, 2.45) is 0 Å². The van der Waals surface area contributed by atoms with Crippen LogP contribution >= 0.6 is 11.6 Å². The average Bonchev–Trinajstić information content (AvgIpc) is 2.14. The topological polar surface area (TPSA) is 21.3 Å². The SMILES string of the molecule is CC(C)OCCNc1c(F)cc(F)cc1Cl. The molecule has 0 aromatic heterocycles. The van der Waals surface area contributed by atoms with Gasteiger partial charge in [0.2, 0.25) is 0 Å². The van der Waals surface area contributed by atoms with Crippen molar-refractivity contribution >= 4 is 17.3 Å². The van der Waals surface area contributed by atoms with Crippen molar-refractivity contribution in [3.8, 4) is 0 Å². The highest BCUT2D eigenvalue weighted by atomic mass is 35.5. The molecule has 5 heteroatoms. The Hall–Kier alpha value is -0.870. The molecule has 0 bridgehead atoms. The van der Waals surface area contributed by atoms with Gasteiger partial charge in [-0.25, -0.2) is 8.78 Å². The zero-order valence-corrected chi connectivity index (χ0v) is 9.94. The van der Waals surface area contributed by atoms with E-state index in [4.69, 9.17) is 16.3 Å². The van der Waals surface area contributed by atoms with Crippen LogP contribution in [0, 0.1) is 11.6 Å². The number of hydrogen-bond acceptors (Lipinski definition) is 2. The first kappa shape index (κ1) is 13.2. The lowest BCUT2D eigenvalue weighted by molar-refractivity contribution is 0.0870. The normalized spacial score (nSPS) is 10.9. The van der Waals surface area contributed by atoms with Crippen LogP contribution in [0.5, 0.6) is 0 Å². The monoisotopic (exact) mass is 249 g/mol. The maximum Gasteiger partial charge on any atom is 0.150 e. The van der Waals surface area contributed by atoms with Crippen LogP contribution in [0.15, 0.2) is 12.1 Å². The van der Waals surface area contributed by atoms with Crippen LogP contribution < -0.4 is 5.32 Å². The molecule has 0 aliphatic carbocycles. The summed E-state index contributed by atoms with van der Waals surface area (Å²) in [6, 6.07) is 1.85. The van der Waals surface area contributed by atoms with E-state index in [1.807, 2.05) is 13.8 Å². The number of hydrogen-bond donors (Lipinski definition) is 1. The molecule has 0 heterocycles. The number of ether oxygens (including phenoxy) is 1. The number of benzene rings is 1. The van der Waals surface area contributed by atoms with E-state index in [9.17, 15) is 8.78 Å². The van der Waals surface area contributed by atoms with Crippen LogP contribution in [0.1, 0.15) is 13.8 Å². The van der Waals surface area contributed by atoms with Crippen molar-refractivity contribution in [2.45, 2.75) is 20.0 Å². The van der Waals surface area contributed by atoms with Gasteiger partial charge in [0.05, 0.1) is 23.4 Å². The molecule has 0 atom stereocenters. The van der Waals surface area contributed by atoms with Gasteiger partial charge in [0, 0.05) is 12.6 Å². The smallest absolute Gasteiger partial charge is 0.150 e. The predicted octanol–water partition coefficient (Wildman–Crippen LogP) is 3.46. The molecule has 1 rings (SSSR count). The molecular weight excluding hydrogens is 236 g/mol. The fourth-order valence-electron chi connectivity index (χ4n) is 1.18. The molecule has 16 heavy (non-hydrogen) atoms. The molecule has 2 nitrogen and oxygen atoms in total. The van der Waals surface area contributed by atoms with Crippen molar-refractivity contribution < 1.29 is 13.5 Å². The summed E-state index contributed by atoms with van der Waals surface area (Å²) < 4.78 is 31.3. The molecule has 1 aromatic rings. The Balaban J connectivity index is 2.54. The molecule has 1 aromatic carbocycles. The second-order valence-corrected chi connectivity index (χ2v) is 4.00. The highest BCUT2D eigenvalue weighted by molar-refractivity contribution is 6.33. The number of rotatable bonds is 5. The zero-order chi connectivity index (χ0) is 12.1. The Bertz CT molecular complexity index is 335. The molecule has 0 fully saturated rings. The van der Waals surface area contributed by atoms with Crippen molar-refractivity contribution in [1.82, 2.24) is 0 Å². The Morgan fingerprint density at radius 3 is 2.62 bits per heavy atom. The van der Waals surface area contributed by atoms with Gasteiger partial charge in [-0.05, 0) is 19.9 Å². The maximum atomic E-state index is 13.3. The molecule has 0 saturated heterocycles. The third-order valence-corrected chi connectivity index (χ3v) is 2.16. The molecule has 0 amide bonds. The summed E-state index contributed by atoms with van der Waals surface area (Å²) in [5, 5.41) is 2.79. The van der Waals surface area contributed by atoms with E-state index in [0.29, 0.717) is 13.2 Å². The number of anilines is 1. The fourth-order valence-corrected chi connectivity index (χ4v) is 1.44. The van der Waals surface area contributed by atoms with E-state index in [-0.39, 0.29) is 16.8 Å². The van der Waals surface area contributed by atoms with Crippen molar-refractivity contribution in [3.05, 3.63) is 28.8 Å².